The van der Waals surface area contributed by atoms with E-state index in [9.17, 15) is 8.42 Å². The van der Waals surface area contributed by atoms with Gasteiger partial charge in [0.1, 0.15) is 11.6 Å². The highest BCUT2D eigenvalue weighted by molar-refractivity contribution is 7.89. The summed E-state index contributed by atoms with van der Waals surface area (Å²) in [6, 6.07) is 7.01. The third kappa shape index (κ3) is 4.38. The van der Waals surface area contributed by atoms with Crippen molar-refractivity contribution < 1.29 is 13.2 Å². The Hall–Kier alpha value is -2.03. The fraction of sp³-hybridized carbons (Fsp3) is 0.444. The molecule has 7 nitrogen and oxygen atoms in total. The van der Waals surface area contributed by atoms with Gasteiger partial charge in [0.25, 0.3) is 0 Å². The van der Waals surface area contributed by atoms with Gasteiger partial charge in [-0.25, -0.2) is 23.1 Å². The van der Waals surface area contributed by atoms with Crippen LogP contribution in [0.15, 0.2) is 29.2 Å². The summed E-state index contributed by atoms with van der Waals surface area (Å²) >= 11 is 0. The van der Waals surface area contributed by atoms with Crippen LogP contribution in [0.25, 0.3) is 0 Å². The monoisotopic (exact) mass is 376 g/mol. The van der Waals surface area contributed by atoms with Gasteiger partial charge in [0.2, 0.25) is 10.0 Å². The molecule has 0 amide bonds. The molecule has 2 aromatic rings. The van der Waals surface area contributed by atoms with Gasteiger partial charge in [0.15, 0.2) is 0 Å². The second-order valence-electron chi connectivity index (χ2n) is 6.45. The van der Waals surface area contributed by atoms with Crippen LogP contribution in [-0.4, -0.2) is 44.7 Å². The highest BCUT2D eigenvalue weighted by Crippen LogP contribution is 2.16. The predicted molar refractivity (Wildman–Crippen MR) is 99.7 cm³/mol. The number of ether oxygens (including phenoxy) is 1. The molecule has 140 valence electrons. The lowest BCUT2D eigenvalue weighted by Crippen LogP contribution is -2.37. The van der Waals surface area contributed by atoms with Crippen LogP contribution in [0.1, 0.15) is 22.6 Å². The number of rotatable bonds is 5. The molecule has 26 heavy (non-hydrogen) atoms. The van der Waals surface area contributed by atoms with Gasteiger partial charge in [-0.3, -0.25) is 0 Å². The Kier molecular flexibility index (Phi) is 5.55. The van der Waals surface area contributed by atoms with Crippen molar-refractivity contribution in [2.45, 2.75) is 32.2 Å². The largest absolute Gasteiger partial charge is 0.378 e. The number of hydrogen-bond acceptors (Lipinski definition) is 6. The lowest BCUT2D eigenvalue weighted by Gasteiger charge is -2.28. The van der Waals surface area contributed by atoms with E-state index in [2.05, 4.69) is 19.6 Å². The molecule has 8 heteroatoms. The summed E-state index contributed by atoms with van der Waals surface area (Å²) in [6.45, 7) is 8.64. The second kappa shape index (κ2) is 7.69. The molecule has 0 unspecified atom stereocenters. The summed E-state index contributed by atoms with van der Waals surface area (Å²) in [6.07, 6.45) is 0. The van der Waals surface area contributed by atoms with Gasteiger partial charge < -0.3 is 9.64 Å². The Bertz CT molecular complexity index is 893. The molecular weight excluding hydrogens is 352 g/mol. The Morgan fingerprint density at radius 2 is 1.81 bits per heavy atom. The molecule has 0 aliphatic carbocycles. The van der Waals surface area contributed by atoms with Crippen LogP contribution in [-0.2, 0) is 21.3 Å². The molecule has 1 fully saturated rings. The van der Waals surface area contributed by atoms with Crippen molar-refractivity contribution in [1.82, 2.24) is 14.7 Å². The maximum atomic E-state index is 12.5. The molecule has 1 aliphatic heterocycles. The molecule has 0 bridgehead atoms. The summed E-state index contributed by atoms with van der Waals surface area (Å²) < 4.78 is 33.1. The second-order valence-corrected chi connectivity index (χ2v) is 8.22. The van der Waals surface area contributed by atoms with Gasteiger partial charge >= 0.3 is 0 Å². The number of nitrogens with one attached hydrogen (secondary N) is 1. The van der Waals surface area contributed by atoms with Gasteiger partial charge in [-0.1, -0.05) is 6.07 Å². The predicted octanol–water partition coefficient (Wildman–Crippen LogP) is 1.72. The fourth-order valence-corrected chi connectivity index (χ4v) is 3.83. The van der Waals surface area contributed by atoms with Crippen molar-refractivity contribution in [3.05, 3.63) is 46.9 Å². The molecule has 3 rings (SSSR count). The summed E-state index contributed by atoms with van der Waals surface area (Å²) in [4.78, 5) is 11.3. The fourth-order valence-electron chi connectivity index (χ4n) is 2.77. The van der Waals surface area contributed by atoms with Crippen LogP contribution in [0, 0.1) is 20.8 Å². The zero-order chi connectivity index (χ0) is 18.7. The number of sulfonamides is 1. The molecule has 1 N–H and O–H groups in total. The maximum Gasteiger partial charge on any atom is 0.240 e. The van der Waals surface area contributed by atoms with Crippen LogP contribution in [0.4, 0.5) is 5.82 Å². The average molecular weight is 376 g/mol. The standard InChI is InChI=1S/C18H24N4O3S/c1-13-4-5-16(10-14(13)2)26(23,24)19-12-17-20-15(3)11-18(21-17)22-6-8-25-9-7-22/h4-5,10-11,19H,6-9,12H2,1-3H3. The number of benzene rings is 1. The lowest BCUT2D eigenvalue weighted by molar-refractivity contribution is 0.122. The smallest absolute Gasteiger partial charge is 0.240 e. The topological polar surface area (TPSA) is 84.4 Å². The quantitative estimate of drug-likeness (QED) is 0.855. The van der Waals surface area contributed by atoms with E-state index in [1.165, 1.54) is 0 Å². The van der Waals surface area contributed by atoms with Gasteiger partial charge in [0.05, 0.1) is 24.7 Å². The number of morpholine rings is 1. The van der Waals surface area contributed by atoms with E-state index in [1.54, 1.807) is 12.1 Å². The van der Waals surface area contributed by atoms with E-state index >= 15 is 0 Å². The van der Waals surface area contributed by atoms with Crippen molar-refractivity contribution in [2.75, 3.05) is 31.2 Å². The normalized spacial score (nSPS) is 15.3. The minimum absolute atomic E-state index is 0.0499. The Labute approximate surface area is 154 Å². The zero-order valence-electron chi connectivity index (χ0n) is 15.3. The van der Waals surface area contributed by atoms with Crippen LogP contribution in [0.2, 0.25) is 0 Å². The minimum atomic E-state index is -3.61. The summed E-state index contributed by atoms with van der Waals surface area (Å²) in [5, 5.41) is 0. The minimum Gasteiger partial charge on any atom is -0.378 e. The zero-order valence-corrected chi connectivity index (χ0v) is 16.1. The maximum absolute atomic E-state index is 12.5. The number of hydrogen-bond donors (Lipinski definition) is 1. The van der Waals surface area contributed by atoms with Crippen molar-refractivity contribution in [3.8, 4) is 0 Å². The lowest BCUT2D eigenvalue weighted by atomic mass is 10.1. The Balaban J connectivity index is 1.76. The van der Waals surface area contributed by atoms with Gasteiger partial charge in [0, 0.05) is 24.8 Å². The van der Waals surface area contributed by atoms with Crippen LogP contribution >= 0.6 is 0 Å². The number of anilines is 1. The van der Waals surface area contributed by atoms with Crippen molar-refractivity contribution in [1.29, 1.82) is 0 Å². The Morgan fingerprint density at radius 3 is 2.50 bits per heavy atom. The van der Waals surface area contributed by atoms with Crippen LogP contribution in [0.5, 0.6) is 0 Å². The first-order chi connectivity index (χ1) is 12.3. The number of aromatic nitrogens is 2. The highest BCUT2D eigenvalue weighted by atomic mass is 32.2. The van der Waals surface area contributed by atoms with Crippen molar-refractivity contribution >= 4 is 15.8 Å². The van der Waals surface area contributed by atoms with Crippen molar-refractivity contribution in [3.63, 3.8) is 0 Å². The van der Waals surface area contributed by atoms with Gasteiger partial charge in [-0.15, -0.1) is 0 Å². The molecule has 0 saturated carbocycles. The van der Waals surface area contributed by atoms with E-state index in [0.717, 1.165) is 35.7 Å². The molecule has 2 heterocycles. The SMILES string of the molecule is Cc1cc(N2CCOCC2)nc(CNS(=O)(=O)c2ccc(C)c(C)c2)n1. The summed E-state index contributed by atoms with van der Waals surface area (Å²) in [5.41, 5.74) is 2.80. The third-order valence-corrected chi connectivity index (χ3v) is 5.83. The van der Waals surface area contributed by atoms with E-state index in [1.807, 2.05) is 32.9 Å². The molecule has 1 aromatic heterocycles. The molecule has 0 atom stereocenters. The van der Waals surface area contributed by atoms with E-state index in [-0.39, 0.29) is 11.4 Å². The highest BCUT2D eigenvalue weighted by Gasteiger charge is 2.17. The first-order valence-electron chi connectivity index (χ1n) is 8.59. The average Bonchev–Trinajstić information content (AvgIpc) is 2.62. The molecule has 0 spiro atoms. The molecule has 0 radical (unpaired) electrons. The van der Waals surface area contributed by atoms with Crippen LogP contribution < -0.4 is 9.62 Å². The first-order valence-corrected chi connectivity index (χ1v) is 10.1. The Morgan fingerprint density at radius 1 is 1.08 bits per heavy atom. The summed E-state index contributed by atoms with van der Waals surface area (Å²) in [7, 11) is -3.61. The van der Waals surface area contributed by atoms with E-state index in [0.29, 0.717) is 19.0 Å². The first kappa shape index (κ1) is 18.8. The van der Waals surface area contributed by atoms with Gasteiger partial charge in [-0.2, -0.15) is 0 Å². The molecule has 1 aliphatic rings. The van der Waals surface area contributed by atoms with Crippen molar-refractivity contribution in [2.24, 2.45) is 0 Å². The van der Waals surface area contributed by atoms with Crippen LogP contribution in [0.3, 0.4) is 0 Å². The number of aryl methyl sites for hydroxylation is 3. The number of nitrogens with zero attached hydrogens (tertiary/aromatic N) is 3. The third-order valence-electron chi connectivity index (χ3n) is 4.43. The van der Waals surface area contributed by atoms with E-state index in [4.69, 9.17) is 4.74 Å². The molecule has 1 aromatic carbocycles. The molecular formula is C18H24N4O3S. The van der Waals surface area contributed by atoms with Gasteiger partial charge in [-0.05, 0) is 44.0 Å². The summed E-state index contributed by atoms with van der Waals surface area (Å²) in [5.74, 6) is 1.26. The molecule has 1 saturated heterocycles. The van der Waals surface area contributed by atoms with E-state index < -0.39 is 10.0 Å².